The zero-order chi connectivity index (χ0) is 16.6. The van der Waals surface area contributed by atoms with Crippen LogP contribution < -0.4 is 14.8 Å². The summed E-state index contributed by atoms with van der Waals surface area (Å²) in [5.74, 6) is 1.45. The van der Waals surface area contributed by atoms with Gasteiger partial charge in [-0.25, -0.2) is 0 Å². The minimum Gasteiger partial charge on any atom is -0.497 e. The Morgan fingerprint density at radius 1 is 1.23 bits per heavy atom. The molecule has 1 aromatic carbocycles. The number of β-amino-alcohol motifs (C(OH)–C–C–N with tert-alkyl or cyclic N) is 1. The summed E-state index contributed by atoms with van der Waals surface area (Å²) in [6.45, 7) is 4.59. The van der Waals surface area contributed by atoms with E-state index in [0.29, 0.717) is 13.2 Å². The van der Waals surface area contributed by atoms with Gasteiger partial charge in [-0.3, -0.25) is 0 Å². The minimum atomic E-state index is -0.651. The van der Waals surface area contributed by atoms with Crippen molar-refractivity contribution in [3.63, 3.8) is 0 Å². The van der Waals surface area contributed by atoms with Crippen molar-refractivity contribution < 1.29 is 24.4 Å². The highest BCUT2D eigenvalue weighted by Crippen LogP contribution is 2.24. The molecule has 0 aliphatic heterocycles. The summed E-state index contributed by atoms with van der Waals surface area (Å²) in [6.07, 6.45) is -0.651. The molecular weight excluding hydrogens is 286 g/mol. The molecule has 0 unspecified atom stereocenters. The van der Waals surface area contributed by atoms with E-state index in [2.05, 4.69) is 5.32 Å². The highest BCUT2D eigenvalue weighted by atomic mass is 16.5. The number of methoxy groups -OCH3 is 2. The topological polar surface area (TPSA) is 80.2 Å². The molecule has 1 rings (SSSR count). The van der Waals surface area contributed by atoms with Crippen LogP contribution in [0.2, 0.25) is 0 Å². The molecule has 0 saturated heterocycles. The summed E-state index contributed by atoms with van der Waals surface area (Å²) in [5, 5.41) is 22.1. The molecule has 22 heavy (non-hydrogen) atoms. The Labute approximate surface area is 132 Å². The van der Waals surface area contributed by atoms with Crippen molar-refractivity contribution in [1.29, 1.82) is 0 Å². The Balaban J connectivity index is 2.43. The first-order valence-corrected chi connectivity index (χ1v) is 7.24. The Morgan fingerprint density at radius 2 is 1.95 bits per heavy atom. The Morgan fingerprint density at radius 3 is 2.55 bits per heavy atom. The zero-order valence-electron chi connectivity index (χ0n) is 13.8. The van der Waals surface area contributed by atoms with E-state index < -0.39 is 11.6 Å². The van der Waals surface area contributed by atoms with Gasteiger partial charge in [0.15, 0.2) is 0 Å². The Bertz CT molecular complexity index is 450. The molecule has 6 heteroatoms. The zero-order valence-corrected chi connectivity index (χ0v) is 13.8. The molecule has 0 spiro atoms. The first kappa shape index (κ1) is 18.7. The number of aliphatic hydroxyl groups is 2. The van der Waals surface area contributed by atoms with Crippen LogP contribution in [-0.2, 0) is 11.3 Å². The quantitative estimate of drug-likeness (QED) is 0.596. The van der Waals surface area contributed by atoms with Crippen molar-refractivity contribution in [1.82, 2.24) is 5.32 Å². The normalized spacial score (nSPS) is 13.0. The second-order valence-electron chi connectivity index (χ2n) is 5.77. The number of nitrogens with one attached hydrogen (secondary N) is 1. The van der Waals surface area contributed by atoms with Gasteiger partial charge >= 0.3 is 0 Å². The average Bonchev–Trinajstić information content (AvgIpc) is 2.53. The van der Waals surface area contributed by atoms with Gasteiger partial charge < -0.3 is 29.7 Å². The third kappa shape index (κ3) is 6.19. The first-order chi connectivity index (χ1) is 10.4. The van der Waals surface area contributed by atoms with Gasteiger partial charge in [0.25, 0.3) is 0 Å². The molecule has 0 saturated carbocycles. The van der Waals surface area contributed by atoms with E-state index in [1.54, 1.807) is 14.2 Å². The second-order valence-corrected chi connectivity index (χ2v) is 5.77. The van der Waals surface area contributed by atoms with Crippen molar-refractivity contribution in [3.8, 4) is 11.5 Å². The predicted molar refractivity (Wildman–Crippen MR) is 84.4 cm³/mol. The van der Waals surface area contributed by atoms with E-state index in [4.69, 9.17) is 19.3 Å². The molecule has 0 aliphatic carbocycles. The van der Waals surface area contributed by atoms with E-state index in [0.717, 1.165) is 17.1 Å². The van der Waals surface area contributed by atoms with Crippen molar-refractivity contribution >= 4 is 0 Å². The second kappa shape index (κ2) is 8.95. The van der Waals surface area contributed by atoms with Gasteiger partial charge in [-0.15, -0.1) is 0 Å². The van der Waals surface area contributed by atoms with Crippen LogP contribution >= 0.6 is 0 Å². The summed E-state index contributed by atoms with van der Waals surface area (Å²) in [4.78, 5) is 0. The SMILES string of the molecule is COc1ccc(OC)c(COC[C@H](O)CNC(C)(C)CO)c1. The van der Waals surface area contributed by atoms with Gasteiger partial charge in [0, 0.05) is 17.6 Å². The number of benzene rings is 1. The van der Waals surface area contributed by atoms with E-state index in [-0.39, 0.29) is 13.2 Å². The summed E-state index contributed by atoms with van der Waals surface area (Å²) < 4.78 is 16.0. The van der Waals surface area contributed by atoms with Crippen LogP contribution in [0.1, 0.15) is 19.4 Å². The summed E-state index contributed by atoms with van der Waals surface area (Å²) in [6, 6.07) is 5.48. The van der Waals surface area contributed by atoms with Crippen LogP contribution in [0.15, 0.2) is 18.2 Å². The highest BCUT2D eigenvalue weighted by Gasteiger charge is 2.17. The van der Waals surface area contributed by atoms with E-state index in [9.17, 15) is 5.11 Å². The Kier molecular flexibility index (Phi) is 7.61. The van der Waals surface area contributed by atoms with Crippen molar-refractivity contribution in [2.45, 2.75) is 32.1 Å². The van der Waals surface area contributed by atoms with Gasteiger partial charge in [0.1, 0.15) is 11.5 Å². The molecule has 0 aliphatic rings. The third-order valence-electron chi connectivity index (χ3n) is 3.27. The number of rotatable bonds is 10. The number of hydrogen-bond acceptors (Lipinski definition) is 6. The van der Waals surface area contributed by atoms with Crippen LogP contribution in [0.5, 0.6) is 11.5 Å². The molecule has 3 N–H and O–H groups in total. The van der Waals surface area contributed by atoms with E-state index in [1.165, 1.54) is 0 Å². The molecule has 0 amide bonds. The first-order valence-electron chi connectivity index (χ1n) is 7.24. The number of hydrogen-bond donors (Lipinski definition) is 3. The monoisotopic (exact) mass is 313 g/mol. The number of ether oxygens (including phenoxy) is 3. The van der Waals surface area contributed by atoms with E-state index in [1.807, 2.05) is 32.0 Å². The molecule has 0 fully saturated rings. The summed E-state index contributed by atoms with van der Waals surface area (Å²) in [7, 11) is 3.20. The molecule has 0 aromatic heterocycles. The fourth-order valence-electron chi connectivity index (χ4n) is 1.81. The van der Waals surface area contributed by atoms with Gasteiger partial charge in [0.2, 0.25) is 0 Å². The lowest BCUT2D eigenvalue weighted by Gasteiger charge is -2.25. The summed E-state index contributed by atoms with van der Waals surface area (Å²) in [5.41, 5.74) is 0.439. The van der Waals surface area contributed by atoms with E-state index >= 15 is 0 Å². The predicted octanol–water partition coefficient (Wildman–Crippen LogP) is 0.942. The standard InChI is InChI=1S/C16H27NO5/c1-16(2,11-18)17-8-13(19)10-22-9-12-7-14(20-3)5-6-15(12)21-4/h5-7,13,17-19H,8-11H2,1-4H3/t13-/m1/s1. The lowest BCUT2D eigenvalue weighted by molar-refractivity contribution is 0.0230. The van der Waals surface area contributed by atoms with Gasteiger partial charge in [-0.05, 0) is 32.0 Å². The molecule has 1 atom stereocenters. The van der Waals surface area contributed by atoms with Crippen LogP contribution in [0, 0.1) is 0 Å². The van der Waals surface area contributed by atoms with Crippen molar-refractivity contribution in [2.24, 2.45) is 0 Å². The summed E-state index contributed by atoms with van der Waals surface area (Å²) >= 11 is 0. The number of aliphatic hydroxyl groups excluding tert-OH is 2. The Hall–Kier alpha value is -1.34. The fraction of sp³-hybridized carbons (Fsp3) is 0.625. The average molecular weight is 313 g/mol. The van der Waals surface area contributed by atoms with Gasteiger partial charge in [-0.1, -0.05) is 0 Å². The van der Waals surface area contributed by atoms with Crippen LogP contribution in [-0.4, -0.2) is 55.8 Å². The van der Waals surface area contributed by atoms with Crippen molar-refractivity contribution in [2.75, 3.05) is 34.0 Å². The molecular formula is C16H27NO5. The maximum absolute atomic E-state index is 9.89. The highest BCUT2D eigenvalue weighted by molar-refractivity contribution is 5.39. The molecule has 0 bridgehead atoms. The maximum atomic E-state index is 9.89. The molecule has 1 aromatic rings. The van der Waals surface area contributed by atoms with Crippen LogP contribution in [0.25, 0.3) is 0 Å². The minimum absolute atomic E-state index is 0.00157. The fourth-order valence-corrected chi connectivity index (χ4v) is 1.81. The molecule has 6 nitrogen and oxygen atoms in total. The van der Waals surface area contributed by atoms with Crippen LogP contribution in [0.4, 0.5) is 0 Å². The smallest absolute Gasteiger partial charge is 0.124 e. The van der Waals surface area contributed by atoms with Gasteiger partial charge in [-0.2, -0.15) is 0 Å². The van der Waals surface area contributed by atoms with Crippen molar-refractivity contribution in [3.05, 3.63) is 23.8 Å². The lowest BCUT2D eigenvalue weighted by atomic mass is 10.1. The largest absolute Gasteiger partial charge is 0.497 e. The van der Waals surface area contributed by atoms with Gasteiger partial charge in [0.05, 0.1) is 40.1 Å². The maximum Gasteiger partial charge on any atom is 0.124 e. The van der Waals surface area contributed by atoms with Crippen LogP contribution in [0.3, 0.4) is 0 Å². The lowest BCUT2D eigenvalue weighted by Crippen LogP contribution is -2.46. The third-order valence-corrected chi connectivity index (χ3v) is 3.27. The molecule has 126 valence electrons. The molecule has 0 radical (unpaired) electrons. The molecule has 0 heterocycles.